The second kappa shape index (κ2) is 7.51. The first-order valence-electron chi connectivity index (χ1n) is 6.56. The molecule has 0 saturated carbocycles. The highest BCUT2D eigenvalue weighted by atomic mass is 79.9. The van der Waals surface area contributed by atoms with Gasteiger partial charge in [-0.25, -0.2) is 0 Å². The average molecular weight is 385 g/mol. The SMILES string of the molecule is COc1ccc(Cl)cc1NC(=O)C(C)Oc1cccc(Br)c1. The number of ether oxygens (including phenoxy) is 2. The summed E-state index contributed by atoms with van der Waals surface area (Å²) in [6.07, 6.45) is -0.669. The van der Waals surface area contributed by atoms with E-state index in [1.54, 1.807) is 37.3 Å². The van der Waals surface area contributed by atoms with E-state index in [2.05, 4.69) is 21.2 Å². The van der Waals surface area contributed by atoms with Gasteiger partial charge in [0.15, 0.2) is 6.10 Å². The number of halogens is 2. The molecule has 0 spiro atoms. The maximum absolute atomic E-state index is 12.2. The Balaban J connectivity index is 2.07. The zero-order valence-corrected chi connectivity index (χ0v) is 14.4. The Kier molecular flexibility index (Phi) is 5.69. The van der Waals surface area contributed by atoms with Crippen molar-refractivity contribution in [3.63, 3.8) is 0 Å². The summed E-state index contributed by atoms with van der Waals surface area (Å²) in [5.41, 5.74) is 0.504. The molecule has 116 valence electrons. The lowest BCUT2D eigenvalue weighted by Crippen LogP contribution is -2.30. The zero-order valence-electron chi connectivity index (χ0n) is 12.1. The Hall–Kier alpha value is -1.72. The number of amides is 1. The van der Waals surface area contributed by atoms with Crippen LogP contribution in [0.1, 0.15) is 6.92 Å². The van der Waals surface area contributed by atoms with Gasteiger partial charge in [0.1, 0.15) is 11.5 Å². The number of benzene rings is 2. The summed E-state index contributed by atoms with van der Waals surface area (Å²) in [5.74, 6) is 0.850. The lowest BCUT2D eigenvalue weighted by molar-refractivity contribution is -0.122. The number of nitrogens with one attached hydrogen (secondary N) is 1. The van der Waals surface area contributed by atoms with Crippen molar-refractivity contribution in [2.75, 3.05) is 12.4 Å². The van der Waals surface area contributed by atoms with E-state index in [-0.39, 0.29) is 5.91 Å². The first kappa shape index (κ1) is 16.6. The highest BCUT2D eigenvalue weighted by molar-refractivity contribution is 9.10. The molecule has 0 fully saturated rings. The summed E-state index contributed by atoms with van der Waals surface area (Å²) in [4.78, 5) is 12.2. The number of carbonyl (C=O) groups is 1. The molecule has 1 atom stereocenters. The molecule has 0 bridgehead atoms. The van der Waals surface area contributed by atoms with Crippen LogP contribution in [-0.2, 0) is 4.79 Å². The predicted molar refractivity (Wildman–Crippen MR) is 90.9 cm³/mol. The minimum Gasteiger partial charge on any atom is -0.495 e. The van der Waals surface area contributed by atoms with E-state index in [0.29, 0.717) is 22.2 Å². The van der Waals surface area contributed by atoms with Crippen molar-refractivity contribution in [2.45, 2.75) is 13.0 Å². The topological polar surface area (TPSA) is 47.6 Å². The molecule has 0 aliphatic carbocycles. The van der Waals surface area contributed by atoms with Gasteiger partial charge in [-0.15, -0.1) is 0 Å². The van der Waals surface area contributed by atoms with E-state index in [4.69, 9.17) is 21.1 Å². The van der Waals surface area contributed by atoms with Gasteiger partial charge in [-0.1, -0.05) is 33.6 Å². The summed E-state index contributed by atoms with van der Waals surface area (Å²) in [5, 5.41) is 3.26. The van der Waals surface area contributed by atoms with Gasteiger partial charge in [0.25, 0.3) is 5.91 Å². The van der Waals surface area contributed by atoms with Gasteiger partial charge < -0.3 is 14.8 Å². The summed E-state index contributed by atoms with van der Waals surface area (Å²) < 4.78 is 11.7. The van der Waals surface area contributed by atoms with Gasteiger partial charge in [-0.05, 0) is 43.3 Å². The minimum atomic E-state index is -0.669. The Labute approximate surface area is 142 Å². The van der Waals surface area contributed by atoms with Crippen LogP contribution in [0.5, 0.6) is 11.5 Å². The van der Waals surface area contributed by atoms with E-state index in [1.807, 2.05) is 12.1 Å². The van der Waals surface area contributed by atoms with Gasteiger partial charge in [0.2, 0.25) is 0 Å². The van der Waals surface area contributed by atoms with Crippen LogP contribution in [0.25, 0.3) is 0 Å². The Morgan fingerprint density at radius 2 is 2.05 bits per heavy atom. The van der Waals surface area contributed by atoms with Crippen LogP contribution >= 0.6 is 27.5 Å². The maximum atomic E-state index is 12.2. The molecule has 0 saturated heterocycles. The van der Waals surface area contributed by atoms with E-state index in [1.165, 1.54) is 7.11 Å². The molecule has 0 aliphatic rings. The molecule has 2 rings (SSSR count). The van der Waals surface area contributed by atoms with Crippen LogP contribution in [0.4, 0.5) is 5.69 Å². The van der Waals surface area contributed by atoms with Crippen LogP contribution in [0.2, 0.25) is 5.02 Å². The molecular weight excluding hydrogens is 370 g/mol. The second-order valence-electron chi connectivity index (χ2n) is 4.55. The number of anilines is 1. The zero-order chi connectivity index (χ0) is 16.1. The number of hydrogen-bond donors (Lipinski definition) is 1. The molecular formula is C16H15BrClNO3. The van der Waals surface area contributed by atoms with E-state index >= 15 is 0 Å². The Morgan fingerprint density at radius 1 is 1.27 bits per heavy atom. The van der Waals surface area contributed by atoms with Crippen LogP contribution in [0, 0.1) is 0 Å². The van der Waals surface area contributed by atoms with Crippen LogP contribution in [0.15, 0.2) is 46.9 Å². The smallest absolute Gasteiger partial charge is 0.265 e. The second-order valence-corrected chi connectivity index (χ2v) is 5.90. The fourth-order valence-corrected chi connectivity index (χ4v) is 2.36. The molecule has 0 aliphatic heterocycles. The monoisotopic (exact) mass is 383 g/mol. The molecule has 1 amide bonds. The predicted octanol–water partition coefficient (Wildman–Crippen LogP) is 4.52. The third kappa shape index (κ3) is 4.39. The van der Waals surface area contributed by atoms with Gasteiger partial charge in [-0.2, -0.15) is 0 Å². The third-order valence-corrected chi connectivity index (χ3v) is 3.63. The van der Waals surface area contributed by atoms with Crippen molar-refractivity contribution in [1.82, 2.24) is 0 Å². The molecule has 0 aromatic heterocycles. The fraction of sp³-hybridized carbons (Fsp3) is 0.188. The Bertz CT molecular complexity index is 678. The highest BCUT2D eigenvalue weighted by Crippen LogP contribution is 2.28. The fourth-order valence-electron chi connectivity index (χ4n) is 1.81. The average Bonchev–Trinajstić information content (AvgIpc) is 2.47. The summed E-state index contributed by atoms with van der Waals surface area (Å²) in [6.45, 7) is 1.67. The number of rotatable bonds is 5. The molecule has 2 aromatic carbocycles. The van der Waals surface area contributed by atoms with Crippen molar-refractivity contribution in [1.29, 1.82) is 0 Å². The van der Waals surface area contributed by atoms with Gasteiger partial charge >= 0.3 is 0 Å². The van der Waals surface area contributed by atoms with E-state index < -0.39 is 6.10 Å². The first-order chi connectivity index (χ1) is 10.5. The largest absolute Gasteiger partial charge is 0.495 e. The van der Waals surface area contributed by atoms with Gasteiger partial charge in [0, 0.05) is 9.50 Å². The summed E-state index contributed by atoms with van der Waals surface area (Å²) in [6, 6.07) is 12.3. The number of methoxy groups -OCH3 is 1. The van der Waals surface area contributed by atoms with Crippen LogP contribution in [0.3, 0.4) is 0 Å². The normalized spacial score (nSPS) is 11.6. The van der Waals surface area contributed by atoms with Crippen LogP contribution in [-0.4, -0.2) is 19.1 Å². The number of hydrogen-bond acceptors (Lipinski definition) is 3. The molecule has 4 nitrogen and oxygen atoms in total. The molecule has 6 heteroatoms. The van der Waals surface area contributed by atoms with Crippen molar-refractivity contribution >= 4 is 39.1 Å². The maximum Gasteiger partial charge on any atom is 0.265 e. The quantitative estimate of drug-likeness (QED) is 0.824. The summed E-state index contributed by atoms with van der Waals surface area (Å²) >= 11 is 9.30. The van der Waals surface area contributed by atoms with E-state index in [9.17, 15) is 4.79 Å². The molecule has 2 aromatic rings. The van der Waals surface area contributed by atoms with E-state index in [0.717, 1.165) is 4.47 Å². The molecule has 1 N–H and O–H groups in total. The van der Waals surface area contributed by atoms with Crippen molar-refractivity contribution in [3.05, 3.63) is 52.0 Å². The van der Waals surface area contributed by atoms with Gasteiger partial charge in [-0.3, -0.25) is 4.79 Å². The Morgan fingerprint density at radius 3 is 2.73 bits per heavy atom. The third-order valence-electron chi connectivity index (χ3n) is 2.90. The number of carbonyl (C=O) groups excluding carboxylic acids is 1. The summed E-state index contributed by atoms with van der Waals surface area (Å²) in [7, 11) is 1.53. The van der Waals surface area contributed by atoms with Crippen molar-refractivity contribution in [3.8, 4) is 11.5 Å². The molecule has 0 radical (unpaired) electrons. The van der Waals surface area contributed by atoms with Crippen LogP contribution < -0.4 is 14.8 Å². The first-order valence-corrected chi connectivity index (χ1v) is 7.73. The lowest BCUT2D eigenvalue weighted by atomic mass is 10.2. The standard InChI is InChI=1S/C16H15BrClNO3/c1-10(22-13-5-3-4-11(17)8-13)16(20)19-14-9-12(18)6-7-15(14)21-2/h3-10H,1-2H3,(H,19,20). The van der Waals surface area contributed by atoms with Crippen molar-refractivity contribution < 1.29 is 14.3 Å². The van der Waals surface area contributed by atoms with Gasteiger partial charge in [0.05, 0.1) is 12.8 Å². The molecule has 1 unspecified atom stereocenters. The molecule has 22 heavy (non-hydrogen) atoms. The van der Waals surface area contributed by atoms with Crippen molar-refractivity contribution in [2.24, 2.45) is 0 Å². The molecule has 0 heterocycles. The minimum absolute atomic E-state index is 0.291. The highest BCUT2D eigenvalue weighted by Gasteiger charge is 2.17. The lowest BCUT2D eigenvalue weighted by Gasteiger charge is -2.16.